The van der Waals surface area contributed by atoms with Crippen molar-refractivity contribution in [3.8, 4) is 11.3 Å². The Balaban J connectivity index is 1.57. The molecule has 4 aromatic rings. The number of nitrogens with one attached hydrogen (secondary N) is 1. The maximum atomic E-state index is 9.28. The van der Waals surface area contributed by atoms with E-state index < -0.39 is 0 Å². The number of fused-ring (bicyclic) bond motifs is 1. The third-order valence-corrected chi connectivity index (χ3v) is 5.02. The Morgan fingerprint density at radius 3 is 2.57 bits per heavy atom. The first-order valence-corrected chi connectivity index (χ1v) is 9.62. The first kappa shape index (κ1) is 18.2. The smallest absolute Gasteiger partial charge is 0.234 e. The number of aromatic amines is 1. The fourth-order valence-electron chi connectivity index (χ4n) is 3.49. The minimum Gasteiger partial charge on any atom is -0.459 e. The predicted molar refractivity (Wildman–Crippen MR) is 113 cm³/mol. The van der Waals surface area contributed by atoms with E-state index in [0.29, 0.717) is 12.4 Å². The van der Waals surface area contributed by atoms with Crippen LogP contribution in [0.3, 0.4) is 0 Å². The molecular weight excluding hydrogens is 380 g/mol. The quantitative estimate of drug-likeness (QED) is 0.510. The molecule has 0 spiro atoms. The van der Waals surface area contributed by atoms with Crippen LogP contribution in [-0.2, 0) is 22.6 Å². The summed E-state index contributed by atoms with van der Waals surface area (Å²) in [5.41, 5.74) is 4.66. The van der Waals surface area contributed by atoms with Gasteiger partial charge in [-0.3, -0.25) is 4.90 Å². The summed E-state index contributed by atoms with van der Waals surface area (Å²) in [7, 11) is 0. The molecule has 1 aliphatic rings. The lowest BCUT2D eigenvalue weighted by Gasteiger charge is -2.23. The molecule has 0 bridgehead atoms. The van der Waals surface area contributed by atoms with Gasteiger partial charge < -0.3 is 19.6 Å². The highest BCUT2D eigenvalue weighted by Gasteiger charge is 2.23. The second-order valence-corrected chi connectivity index (χ2v) is 6.95. The summed E-state index contributed by atoms with van der Waals surface area (Å²) in [5, 5.41) is 10.2. The first-order valence-electron chi connectivity index (χ1n) is 9.62. The largest absolute Gasteiger partial charge is 0.459 e. The van der Waals surface area contributed by atoms with E-state index in [9.17, 15) is 5.11 Å². The van der Waals surface area contributed by atoms with Crippen molar-refractivity contribution in [2.75, 3.05) is 11.7 Å². The molecule has 7 heteroatoms. The number of aliphatic hydroxyl groups is 1. The number of rotatable bonds is 6. The van der Waals surface area contributed by atoms with E-state index in [2.05, 4.69) is 27.1 Å². The van der Waals surface area contributed by atoms with Gasteiger partial charge >= 0.3 is 0 Å². The van der Waals surface area contributed by atoms with Crippen LogP contribution in [0.5, 0.6) is 0 Å². The van der Waals surface area contributed by atoms with E-state index in [4.69, 9.17) is 9.47 Å². The monoisotopic (exact) mass is 400 g/mol. The maximum Gasteiger partial charge on any atom is 0.234 e. The molecule has 0 aliphatic carbocycles. The number of anilines is 1. The molecule has 0 atom stereocenters. The van der Waals surface area contributed by atoms with Crippen molar-refractivity contribution in [3.05, 3.63) is 90.3 Å². The highest BCUT2D eigenvalue weighted by atomic mass is 16.7. The van der Waals surface area contributed by atoms with Crippen molar-refractivity contribution in [3.63, 3.8) is 0 Å². The average Bonchev–Trinajstić information content (AvgIpc) is 3.48. The summed E-state index contributed by atoms with van der Waals surface area (Å²) in [6, 6.07) is 19.9. The molecule has 3 heterocycles. The lowest BCUT2D eigenvalue weighted by molar-refractivity contribution is 0.0782. The zero-order valence-corrected chi connectivity index (χ0v) is 16.2. The van der Waals surface area contributed by atoms with Crippen LogP contribution in [0.25, 0.3) is 22.3 Å². The molecule has 7 nitrogen and oxygen atoms in total. The standard InChI is InChI=1S/C23H20N4O3/c28-12-17-6-8-18(9-7-17)20-10-19-22(26-20)24-14-25-23(19)27(21-13-29-15-30-21)11-16-4-2-1-3-5-16/h1-10,13-14,28H,11-12,15H2,(H,24,25,26). The molecule has 5 rings (SSSR count). The maximum absolute atomic E-state index is 9.28. The Morgan fingerprint density at radius 1 is 1.00 bits per heavy atom. The van der Waals surface area contributed by atoms with Gasteiger partial charge in [-0.2, -0.15) is 0 Å². The van der Waals surface area contributed by atoms with Gasteiger partial charge in [-0.15, -0.1) is 0 Å². The van der Waals surface area contributed by atoms with Gasteiger partial charge in [-0.05, 0) is 22.8 Å². The molecule has 2 aromatic carbocycles. The fourth-order valence-corrected chi connectivity index (χ4v) is 3.49. The van der Waals surface area contributed by atoms with Gasteiger partial charge in [-0.25, -0.2) is 9.97 Å². The molecule has 2 N–H and O–H groups in total. The molecule has 0 radical (unpaired) electrons. The van der Waals surface area contributed by atoms with Crippen molar-refractivity contribution in [2.45, 2.75) is 13.2 Å². The van der Waals surface area contributed by atoms with Gasteiger partial charge in [0.05, 0.1) is 18.5 Å². The second-order valence-electron chi connectivity index (χ2n) is 6.95. The Hall–Kier alpha value is -3.84. The third-order valence-electron chi connectivity index (χ3n) is 5.02. The molecule has 30 heavy (non-hydrogen) atoms. The zero-order valence-electron chi connectivity index (χ0n) is 16.2. The lowest BCUT2D eigenvalue weighted by Crippen LogP contribution is -2.23. The summed E-state index contributed by atoms with van der Waals surface area (Å²) in [5.74, 6) is 1.34. The van der Waals surface area contributed by atoms with Gasteiger partial charge in [0.15, 0.2) is 0 Å². The topological polar surface area (TPSA) is 83.5 Å². The molecule has 0 saturated carbocycles. The number of aromatic nitrogens is 3. The molecule has 0 fully saturated rings. The van der Waals surface area contributed by atoms with E-state index in [0.717, 1.165) is 39.2 Å². The predicted octanol–water partition coefficient (Wildman–Crippen LogP) is 3.93. The van der Waals surface area contributed by atoms with Crippen LogP contribution in [0.15, 0.2) is 79.1 Å². The molecule has 0 unspecified atom stereocenters. The summed E-state index contributed by atoms with van der Waals surface area (Å²) < 4.78 is 11.0. The van der Waals surface area contributed by atoms with Crippen LogP contribution in [0.2, 0.25) is 0 Å². The minimum absolute atomic E-state index is 0.0221. The van der Waals surface area contributed by atoms with Gasteiger partial charge in [0, 0.05) is 5.69 Å². The molecule has 1 aliphatic heterocycles. The minimum atomic E-state index is 0.0221. The van der Waals surface area contributed by atoms with E-state index in [-0.39, 0.29) is 13.4 Å². The van der Waals surface area contributed by atoms with Crippen LogP contribution in [0.4, 0.5) is 5.82 Å². The molecular formula is C23H20N4O3. The van der Waals surface area contributed by atoms with Crippen molar-refractivity contribution in [1.29, 1.82) is 0 Å². The van der Waals surface area contributed by atoms with Gasteiger partial charge in [0.1, 0.15) is 24.1 Å². The number of benzene rings is 2. The Kier molecular flexibility index (Phi) is 4.78. The molecule has 0 saturated heterocycles. The lowest BCUT2D eigenvalue weighted by atomic mass is 10.1. The Morgan fingerprint density at radius 2 is 1.83 bits per heavy atom. The summed E-state index contributed by atoms with van der Waals surface area (Å²) in [6.07, 6.45) is 3.15. The number of aliphatic hydroxyl groups excluding tert-OH is 1. The number of ether oxygens (including phenoxy) is 2. The molecule has 0 amide bonds. The van der Waals surface area contributed by atoms with Crippen molar-refractivity contribution in [2.24, 2.45) is 0 Å². The number of hydrogen-bond acceptors (Lipinski definition) is 6. The normalized spacial score (nSPS) is 13.0. The van der Waals surface area contributed by atoms with Crippen LogP contribution < -0.4 is 4.90 Å². The average molecular weight is 400 g/mol. The zero-order chi connectivity index (χ0) is 20.3. The fraction of sp³-hybridized carbons (Fsp3) is 0.130. The number of nitrogens with zero attached hydrogens (tertiary/aromatic N) is 3. The molecule has 2 aromatic heterocycles. The first-order chi connectivity index (χ1) is 14.8. The van der Waals surface area contributed by atoms with E-state index >= 15 is 0 Å². The highest BCUT2D eigenvalue weighted by Crippen LogP contribution is 2.32. The number of hydrogen-bond donors (Lipinski definition) is 2. The van der Waals surface area contributed by atoms with Crippen LogP contribution in [0, 0.1) is 0 Å². The Bertz CT molecular complexity index is 1190. The third kappa shape index (κ3) is 3.46. The van der Waals surface area contributed by atoms with E-state index in [1.54, 1.807) is 12.6 Å². The Labute approximate surface area is 173 Å². The van der Waals surface area contributed by atoms with Gasteiger partial charge in [0.2, 0.25) is 12.7 Å². The summed E-state index contributed by atoms with van der Waals surface area (Å²) in [6.45, 7) is 0.784. The van der Waals surface area contributed by atoms with Crippen molar-refractivity contribution >= 4 is 16.9 Å². The van der Waals surface area contributed by atoms with Gasteiger partial charge in [0.25, 0.3) is 0 Å². The molecule has 150 valence electrons. The van der Waals surface area contributed by atoms with Crippen LogP contribution in [0.1, 0.15) is 11.1 Å². The number of H-pyrrole nitrogens is 1. The second kappa shape index (κ2) is 7.88. The van der Waals surface area contributed by atoms with Crippen molar-refractivity contribution < 1.29 is 14.6 Å². The van der Waals surface area contributed by atoms with E-state index in [1.165, 1.54) is 0 Å². The van der Waals surface area contributed by atoms with Crippen LogP contribution >= 0.6 is 0 Å². The van der Waals surface area contributed by atoms with Crippen LogP contribution in [-0.4, -0.2) is 26.9 Å². The highest BCUT2D eigenvalue weighted by molar-refractivity contribution is 5.92. The summed E-state index contributed by atoms with van der Waals surface area (Å²) in [4.78, 5) is 14.3. The van der Waals surface area contributed by atoms with E-state index in [1.807, 2.05) is 53.4 Å². The van der Waals surface area contributed by atoms with Crippen molar-refractivity contribution in [1.82, 2.24) is 15.0 Å². The SMILES string of the molecule is OCc1ccc(-c2cc3c(N(Cc4ccccc4)C4=COCO4)ncnc3[nH]2)cc1. The summed E-state index contributed by atoms with van der Waals surface area (Å²) >= 11 is 0. The van der Waals surface area contributed by atoms with Gasteiger partial charge in [-0.1, -0.05) is 54.6 Å².